The summed E-state index contributed by atoms with van der Waals surface area (Å²) in [6.07, 6.45) is -0.339. The Balaban J connectivity index is 2.20. The third-order valence-electron chi connectivity index (χ3n) is 3.36. The van der Waals surface area contributed by atoms with Crippen LogP contribution in [0.4, 0.5) is 5.82 Å². The summed E-state index contributed by atoms with van der Waals surface area (Å²) < 4.78 is 32.8. The smallest absolute Gasteiger partial charge is 0.281 e. The van der Waals surface area contributed by atoms with Crippen LogP contribution >= 0.6 is 0 Å². The fourth-order valence-electron chi connectivity index (χ4n) is 2.11. The number of morpholine rings is 1. The van der Waals surface area contributed by atoms with Gasteiger partial charge in [0.2, 0.25) is 0 Å². The molecule has 2 rings (SSSR count). The van der Waals surface area contributed by atoms with E-state index in [0.29, 0.717) is 13.2 Å². The molecule has 0 amide bonds. The van der Waals surface area contributed by atoms with Crippen LogP contribution in [0.25, 0.3) is 0 Å². The first kappa shape index (κ1) is 16.2. The Morgan fingerprint density at radius 1 is 1.29 bits per heavy atom. The largest absolute Gasteiger partial charge is 0.369 e. The van der Waals surface area contributed by atoms with E-state index in [0.717, 1.165) is 11.5 Å². The normalized spacial score (nSPS) is 20.7. The van der Waals surface area contributed by atoms with Crippen LogP contribution in [0, 0.1) is 0 Å². The Morgan fingerprint density at radius 2 is 2.00 bits per heavy atom. The molecule has 1 aromatic rings. The summed E-state index contributed by atoms with van der Waals surface area (Å²) >= 11 is 0. The highest BCUT2D eigenvalue weighted by Gasteiger charge is 2.32. The van der Waals surface area contributed by atoms with Gasteiger partial charge < -0.3 is 9.64 Å². The molecule has 0 radical (unpaired) electrons. The van der Waals surface area contributed by atoms with Crippen LogP contribution in [0.15, 0.2) is 18.2 Å². The lowest BCUT2D eigenvalue weighted by Gasteiger charge is -2.33. The minimum Gasteiger partial charge on any atom is -0.369 e. The number of aromatic nitrogens is 1. The molecule has 8 heteroatoms. The monoisotopic (exact) mass is 314 g/mol. The molecular formula is C13H22N4O3S. The second-order valence-corrected chi connectivity index (χ2v) is 7.47. The quantitative estimate of drug-likeness (QED) is 0.801. The Bertz CT molecular complexity index is 589. The lowest BCUT2D eigenvalue weighted by Crippen LogP contribution is -2.47. The molecule has 1 aromatic heterocycles. The molecule has 7 nitrogen and oxygen atoms in total. The maximum absolute atomic E-state index is 12.2. The summed E-state index contributed by atoms with van der Waals surface area (Å²) in [6.45, 7) is 1.01. The van der Waals surface area contributed by atoms with E-state index >= 15 is 0 Å². The van der Waals surface area contributed by atoms with Crippen molar-refractivity contribution in [2.24, 2.45) is 0 Å². The second kappa shape index (κ2) is 6.27. The third kappa shape index (κ3) is 3.52. The maximum Gasteiger partial charge on any atom is 0.281 e. The van der Waals surface area contributed by atoms with E-state index < -0.39 is 10.2 Å². The molecule has 1 fully saturated rings. The first-order valence-electron chi connectivity index (χ1n) is 6.76. The van der Waals surface area contributed by atoms with E-state index in [1.54, 1.807) is 0 Å². The standard InChI is InChI=1S/C13H22N4O3S/c1-15(2)13-7-5-6-11(14-13)12-10-17(8-9-20-12)21(18,19)16(3)4/h5-7,12H,8-10H2,1-4H3/t12-/m1/s1. The van der Waals surface area contributed by atoms with Crippen molar-refractivity contribution in [1.29, 1.82) is 0 Å². The fraction of sp³-hybridized carbons (Fsp3) is 0.615. The van der Waals surface area contributed by atoms with Crippen molar-refractivity contribution in [2.75, 3.05) is 52.8 Å². The lowest BCUT2D eigenvalue weighted by molar-refractivity contribution is -0.00617. The Labute approximate surface area is 126 Å². The molecule has 0 unspecified atom stereocenters. The van der Waals surface area contributed by atoms with Crippen molar-refractivity contribution in [3.05, 3.63) is 23.9 Å². The maximum atomic E-state index is 12.2. The summed E-state index contributed by atoms with van der Waals surface area (Å²) in [7, 11) is 3.47. The van der Waals surface area contributed by atoms with Crippen LogP contribution in [0.2, 0.25) is 0 Å². The van der Waals surface area contributed by atoms with Crippen LogP contribution in [0.3, 0.4) is 0 Å². The molecule has 1 atom stereocenters. The first-order chi connectivity index (χ1) is 9.82. The molecule has 0 N–H and O–H groups in total. The van der Waals surface area contributed by atoms with Gasteiger partial charge in [0.1, 0.15) is 11.9 Å². The minimum absolute atomic E-state index is 0.282. The molecule has 0 saturated carbocycles. The molecule has 0 aliphatic carbocycles. The van der Waals surface area contributed by atoms with Gasteiger partial charge >= 0.3 is 0 Å². The van der Waals surface area contributed by atoms with Crippen LogP contribution in [-0.4, -0.2) is 69.9 Å². The molecule has 1 saturated heterocycles. The van der Waals surface area contributed by atoms with Gasteiger partial charge in [0.05, 0.1) is 12.3 Å². The molecule has 2 heterocycles. The number of nitrogens with zero attached hydrogens (tertiary/aromatic N) is 4. The third-order valence-corrected chi connectivity index (χ3v) is 5.27. The zero-order chi connectivity index (χ0) is 15.6. The van der Waals surface area contributed by atoms with Gasteiger partial charge in [-0.1, -0.05) is 6.07 Å². The molecule has 118 valence electrons. The van der Waals surface area contributed by atoms with Crippen LogP contribution < -0.4 is 4.90 Å². The second-order valence-electron chi connectivity index (χ2n) is 5.32. The predicted molar refractivity (Wildman–Crippen MR) is 81.4 cm³/mol. The topological polar surface area (TPSA) is 66.0 Å². The number of anilines is 1. The summed E-state index contributed by atoms with van der Waals surface area (Å²) in [5.74, 6) is 0.823. The van der Waals surface area contributed by atoms with Gasteiger partial charge in [0.15, 0.2) is 0 Å². The number of hydrogen-bond donors (Lipinski definition) is 0. The molecule has 0 spiro atoms. The van der Waals surface area contributed by atoms with Crippen molar-refractivity contribution in [1.82, 2.24) is 13.6 Å². The van der Waals surface area contributed by atoms with Crippen molar-refractivity contribution in [2.45, 2.75) is 6.10 Å². The number of hydrogen-bond acceptors (Lipinski definition) is 5. The Morgan fingerprint density at radius 3 is 2.62 bits per heavy atom. The molecule has 0 bridgehead atoms. The summed E-state index contributed by atoms with van der Waals surface area (Å²) in [5.41, 5.74) is 0.750. The zero-order valence-corrected chi connectivity index (χ0v) is 13.7. The highest BCUT2D eigenvalue weighted by atomic mass is 32.2. The molecule has 1 aliphatic heterocycles. The van der Waals surface area contributed by atoms with Crippen LogP contribution in [0.5, 0.6) is 0 Å². The van der Waals surface area contributed by atoms with E-state index in [9.17, 15) is 8.42 Å². The summed E-state index contributed by atoms with van der Waals surface area (Å²) in [6, 6.07) is 5.67. The van der Waals surface area contributed by atoms with Gasteiger partial charge in [-0.25, -0.2) is 4.98 Å². The first-order valence-corrected chi connectivity index (χ1v) is 8.15. The Hall–Kier alpha value is -1.22. The molecule has 1 aliphatic rings. The van der Waals surface area contributed by atoms with Crippen LogP contribution in [0.1, 0.15) is 11.8 Å². The number of ether oxygens (including phenoxy) is 1. The van der Waals surface area contributed by atoms with E-state index in [1.165, 1.54) is 22.7 Å². The van der Waals surface area contributed by atoms with Gasteiger partial charge in [0.25, 0.3) is 10.2 Å². The van der Waals surface area contributed by atoms with Gasteiger partial charge in [-0.05, 0) is 12.1 Å². The highest BCUT2D eigenvalue weighted by Crippen LogP contribution is 2.24. The number of rotatable bonds is 4. The van der Waals surface area contributed by atoms with E-state index in [1.807, 2.05) is 37.2 Å². The van der Waals surface area contributed by atoms with E-state index in [2.05, 4.69) is 4.98 Å². The predicted octanol–water partition coefficient (Wildman–Crippen LogP) is 0.327. The number of pyridine rings is 1. The van der Waals surface area contributed by atoms with Gasteiger partial charge in [-0.2, -0.15) is 17.0 Å². The molecule has 0 aromatic carbocycles. The fourth-order valence-corrected chi connectivity index (χ4v) is 3.20. The van der Waals surface area contributed by atoms with Crippen molar-refractivity contribution in [3.8, 4) is 0 Å². The van der Waals surface area contributed by atoms with E-state index in [4.69, 9.17) is 4.74 Å². The Kier molecular flexibility index (Phi) is 4.82. The minimum atomic E-state index is -3.42. The van der Waals surface area contributed by atoms with Gasteiger partial charge in [-0.15, -0.1) is 0 Å². The molecular weight excluding hydrogens is 292 g/mol. The highest BCUT2D eigenvalue weighted by molar-refractivity contribution is 7.86. The average Bonchev–Trinajstić information content (AvgIpc) is 2.47. The van der Waals surface area contributed by atoms with E-state index in [-0.39, 0.29) is 12.6 Å². The molecule has 21 heavy (non-hydrogen) atoms. The zero-order valence-electron chi connectivity index (χ0n) is 12.9. The van der Waals surface area contributed by atoms with Gasteiger partial charge in [0, 0.05) is 41.3 Å². The summed E-state index contributed by atoms with van der Waals surface area (Å²) in [5, 5.41) is 0. The van der Waals surface area contributed by atoms with Crippen molar-refractivity contribution >= 4 is 16.0 Å². The lowest BCUT2D eigenvalue weighted by atomic mass is 10.2. The average molecular weight is 314 g/mol. The summed E-state index contributed by atoms with van der Waals surface area (Å²) in [4.78, 5) is 6.43. The van der Waals surface area contributed by atoms with Crippen LogP contribution in [-0.2, 0) is 14.9 Å². The van der Waals surface area contributed by atoms with Crippen molar-refractivity contribution in [3.63, 3.8) is 0 Å². The van der Waals surface area contributed by atoms with Gasteiger partial charge in [-0.3, -0.25) is 0 Å². The SMILES string of the molecule is CN(C)c1cccc([C@H]2CN(S(=O)(=O)N(C)C)CCO2)n1. The van der Waals surface area contributed by atoms with Crippen molar-refractivity contribution < 1.29 is 13.2 Å².